The van der Waals surface area contributed by atoms with Crippen LogP contribution in [0, 0.1) is 5.82 Å². The fourth-order valence-corrected chi connectivity index (χ4v) is 2.83. The monoisotopic (exact) mass is 394 g/mol. The third-order valence-corrected chi connectivity index (χ3v) is 4.32. The number of halogens is 1. The summed E-state index contributed by atoms with van der Waals surface area (Å²) in [5, 5.41) is 5.87. The molecule has 1 aromatic heterocycles. The lowest BCUT2D eigenvalue weighted by atomic mass is 10.1. The third kappa shape index (κ3) is 4.78. The van der Waals surface area contributed by atoms with Crippen LogP contribution in [0.1, 0.15) is 15.9 Å². The molecule has 29 heavy (non-hydrogen) atoms. The van der Waals surface area contributed by atoms with E-state index in [1.54, 1.807) is 30.3 Å². The molecule has 7 nitrogen and oxygen atoms in total. The highest BCUT2D eigenvalue weighted by Crippen LogP contribution is 2.32. The first-order chi connectivity index (χ1) is 14.2. The molecule has 8 heteroatoms. The summed E-state index contributed by atoms with van der Waals surface area (Å²) in [5.41, 5.74) is 1.94. The van der Waals surface area contributed by atoms with E-state index in [0.717, 1.165) is 5.56 Å². The van der Waals surface area contributed by atoms with Gasteiger partial charge in [0, 0.05) is 30.7 Å². The third-order valence-electron chi connectivity index (χ3n) is 4.32. The molecule has 2 N–H and O–H groups in total. The highest BCUT2D eigenvalue weighted by atomic mass is 19.1. The predicted octanol–water partition coefficient (Wildman–Crippen LogP) is 3.29. The van der Waals surface area contributed by atoms with Crippen molar-refractivity contribution < 1.29 is 18.7 Å². The van der Waals surface area contributed by atoms with Gasteiger partial charge in [-0.15, -0.1) is 0 Å². The maximum Gasteiger partial charge on any atom is 0.258 e. The molecule has 1 amide bonds. The number of nitrogens with zero attached hydrogens (tertiary/aromatic N) is 2. The highest BCUT2D eigenvalue weighted by Gasteiger charge is 2.14. The van der Waals surface area contributed by atoms with Crippen LogP contribution in [0.3, 0.4) is 0 Å². The Morgan fingerprint density at radius 1 is 1.00 bits per heavy atom. The second-order valence-corrected chi connectivity index (χ2v) is 6.41. The minimum absolute atomic E-state index is 0.254. The zero-order valence-corrected chi connectivity index (χ0v) is 15.5. The van der Waals surface area contributed by atoms with Crippen LogP contribution in [0.2, 0.25) is 0 Å². The fourth-order valence-electron chi connectivity index (χ4n) is 2.83. The van der Waals surface area contributed by atoms with Crippen LogP contribution in [-0.2, 0) is 6.42 Å². The molecular formula is C21H19FN4O3. The van der Waals surface area contributed by atoms with Gasteiger partial charge >= 0.3 is 0 Å². The smallest absolute Gasteiger partial charge is 0.258 e. The van der Waals surface area contributed by atoms with E-state index < -0.39 is 0 Å². The van der Waals surface area contributed by atoms with Crippen molar-refractivity contribution in [1.82, 2.24) is 9.97 Å². The molecule has 1 aliphatic rings. The lowest BCUT2D eigenvalue weighted by Gasteiger charge is -2.19. The van der Waals surface area contributed by atoms with Crippen molar-refractivity contribution in [2.45, 2.75) is 6.42 Å². The lowest BCUT2D eigenvalue weighted by Crippen LogP contribution is -2.17. The number of aromatic nitrogens is 2. The van der Waals surface area contributed by atoms with Crippen LogP contribution in [0.4, 0.5) is 16.0 Å². The Kier molecular flexibility index (Phi) is 5.51. The van der Waals surface area contributed by atoms with E-state index >= 15 is 0 Å². The molecule has 0 radical (unpaired) electrons. The molecular weight excluding hydrogens is 375 g/mol. The molecule has 2 heterocycles. The topological polar surface area (TPSA) is 85.4 Å². The number of amides is 1. The molecule has 0 aliphatic carbocycles. The van der Waals surface area contributed by atoms with Gasteiger partial charge < -0.3 is 20.1 Å². The van der Waals surface area contributed by atoms with E-state index in [2.05, 4.69) is 20.6 Å². The largest absolute Gasteiger partial charge is 0.486 e. The summed E-state index contributed by atoms with van der Waals surface area (Å²) in [5.74, 6) is 1.11. The summed E-state index contributed by atoms with van der Waals surface area (Å²) in [7, 11) is 0. The van der Waals surface area contributed by atoms with Crippen molar-refractivity contribution >= 4 is 17.5 Å². The van der Waals surface area contributed by atoms with Gasteiger partial charge in [0.2, 0.25) is 5.95 Å². The van der Waals surface area contributed by atoms with Crippen LogP contribution < -0.4 is 20.1 Å². The second kappa shape index (κ2) is 8.55. The fraction of sp³-hybridized carbons (Fsp3) is 0.190. The number of hydrogen-bond donors (Lipinski definition) is 2. The van der Waals surface area contributed by atoms with Gasteiger partial charge in [0.1, 0.15) is 19.0 Å². The summed E-state index contributed by atoms with van der Waals surface area (Å²) < 4.78 is 23.9. The first kappa shape index (κ1) is 18.7. The Morgan fingerprint density at radius 3 is 2.48 bits per heavy atom. The summed E-state index contributed by atoms with van der Waals surface area (Å²) in [6.45, 7) is 1.59. The van der Waals surface area contributed by atoms with Gasteiger partial charge in [-0.05, 0) is 36.2 Å². The summed E-state index contributed by atoms with van der Waals surface area (Å²) in [6, 6.07) is 11.6. The Bertz CT molecular complexity index is 994. The molecule has 0 fully saturated rings. The maximum atomic E-state index is 12.9. The number of hydrogen-bond acceptors (Lipinski definition) is 6. The van der Waals surface area contributed by atoms with Crippen molar-refractivity contribution in [3.63, 3.8) is 0 Å². The van der Waals surface area contributed by atoms with Crippen LogP contribution in [-0.4, -0.2) is 35.6 Å². The number of carbonyl (C=O) groups excluding carboxylic acids is 1. The SMILES string of the molecule is O=C(Nc1ccc2c(c1)OCCO2)c1cnc(NCCc2ccc(F)cc2)nc1. The van der Waals surface area contributed by atoms with Crippen LogP contribution in [0.25, 0.3) is 0 Å². The van der Waals surface area contributed by atoms with Crippen LogP contribution >= 0.6 is 0 Å². The van der Waals surface area contributed by atoms with E-state index in [0.29, 0.717) is 54.9 Å². The molecule has 3 aromatic rings. The Morgan fingerprint density at radius 2 is 1.72 bits per heavy atom. The van der Waals surface area contributed by atoms with Crippen LogP contribution in [0.15, 0.2) is 54.9 Å². The van der Waals surface area contributed by atoms with E-state index in [1.165, 1.54) is 24.5 Å². The standard InChI is InChI=1S/C21H19FN4O3/c22-16-3-1-14(2-4-16)7-8-23-21-24-12-15(13-25-21)20(27)26-17-5-6-18-19(11-17)29-10-9-28-18/h1-6,11-13H,7-10H2,(H,26,27)(H,23,24,25). The van der Waals surface area contributed by atoms with Crippen molar-refractivity contribution in [3.8, 4) is 11.5 Å². The first-order valence-electron chi connectivity index (χ1n) is 9.19. The number of anilines is 2. The molecule has 0 spiro atoms. The lowest BCUT2D eigenvalue weighted by molar-refractivity contribution is 0.102. The number of nitrogens with one attached hydrogen (secondary N) is 2. The molecule has 1 aliphatic heterocycles. The molecule has 2 aromatic carbocycles. The molecule has 0 saturated carbocycles. The maximum absolute atomic E-state index is 12.9. The van der Waals surface area contributed by atoms with Gasteiger partial charge in [0.05, 0.1) is 5.56 Å². The Hall–Kier alpha value is -3.68. The molecule has 148 valence electrons. The van der Waals surface area contributed by atoms with Gasteiger partial charge in [-0.1, -0.05) is 12.1 Å². The van der Waals surface area contributed by atoms with Crippen molar-refractivity contribution in [2.24, 2.45) is 0 Å². The van der Waals surface area contributed by atoms with Gasteiger partial charge in [0.25, 0.3) is 5.91 Å². The zero-order valence-electron chi connectivity index (χ0n) is 15.5. The normalized spacial score (nSPS) is 12.3. The van der Waals surface area contributed by atoms with Gasteiger partial charge in [-0.2, -0.15) is 0 Å². The molecule has 0 atom stereocenters. The summed E-state index contributed by atoms with van der Waals surface area (Å²) >= 11 is 0. The van der Waals surface area contributed by atoms with Crippen molar-refractivity contribution in [1.29, 1.82) is 0 Å². The molecule has 0 unspecified atom stereocenters. The van der Waals surface area contributed by atoms with E-state index in [-0.39, 0.29) is 11.7 Å². The predicted molar refractivity (Wildman–Crippen MR) is 106 cm³/mol. The first-order valence-corrected chi connectivity index (χ1v) is 9.19. The molecule has 0 bridgehead atoms. The zero-order chi connectivity index (χ0) is 20.1. The number of fused-ring (bicyclic) bond motifs is 1. The number of rotatable bonds is 6. The van der Waals surface area contributed by atoms with Crippen molar-refractivity contribution in [3.05, 3.63) is 71.8 Å². The van der Waals surface area contributed by atoms with E-state index in [9.17, 15) is 9.18 Å². The van der Waals surface area contributed by atoms with E-state index in [1.807, 2.05) is 0 Å². The number of ether oxygens (including phenoxy) is 2. The Labute approximate surface area is 166 Å². The Balaban J connectivity index is 1.31. The van der Waals surface area contributed by atoms with Crippen LogP contribution in [0.5, 0.6) is 11.5 Å². The van der Waals surface area contributed by atoms with Gasteiger partial charge in [-0.3, -0.25) is 4.79 Å². The number of benzene rings is 2. The summed E-state index contributed by atoms with van der Waals surface area (Å²) in [6.07, 6.45) is 3.62. The molecule has 0 saturated heterocycles. The molecule has 4 rings (SSSR count). The minimum atomic E-state index is -0.320. The average molecular weight is 394 g/mol. The highest BCUT2D eigenvalue weighted by molar-refractivity contribution is 6.04. The summed E-state index contributed by atoms with van der Waals surface area (Å²) in [4.78, 5) is 20.7. The number of carbonyl (C=O) groups is 1. The van der Waals surface area contributed by atoms with Crippen molar-refractivity contribution in [2.75, 3.05) is 30.4 Å². The van der Waals surface area contributed by atoms with Gasteiger partial charge in [0.15, 0.2) is 11.5 Å². The second-order valence-electron chi connectivity index (χ2n) is 6.41. The quantitative estimate of drug-likeness (QED) is 0.667. The average Bonchev–Trinajstić information content (AvgIpc) is 2.75. The van der Waals surface area contributed by atoms with E-state index in [4.69, 9.17) is 9.47 Å². The minimum Gasteiger partial charge on any atom is -0.486 e. The van der Waals surface area contributed by atoms with Gasteiger partial charge in [-0.25, -0.2) is 14.4 Å².